The van der Waals surface area contributed by atoms with Gasteiger partial charge in [0, 0.05) is 53.6 Å². The molecule has 0 N–H and O–H groups in total. The Balaban J connectivity index is 1.06. The molecule has 0 bridgehead atoms. The quantitative estimate of drug-likeness (QED) is 0.163. The van der Waals surface area contributed by atoms with Crippen molar-refractivity contribution in [3.8, 4) is 79.5 Å². The van der Waals surface area contributed by atoms with Gasteiger partial charge >= 0.3 is 0 Å². The molecular weight excluding hydrogens is 693 g/mol. The summed E-state index contributed by atoms with van der Waals surface area (Å²) in [6.07, 6.45) is 0. The Labute approximate surface area is 321 Å². The second-order valence-corrected chi connectivity index (χ2v) is 14.3. The number of hydrogen-bond acceptors (Lipinski definition) is 7. The van der Waals surface area contributed by atoms with Gasteiger partial charge in [0.25, 0.3) is 0 Å². The van der Waals surface area contributed by atoms with Crippen LogP contribution in [0.5, 0.6) is 0 Å². The van der Waals surface area contributed by atoms with Crippen molar-refractivity contribution < 1.29 is 0 Å². The summed E-state index contributed by atoms with van der Waals surface area (Å²) in [6, 6.07) is 61.9. The van der Waals surface area contributed by atoms with Gasteiger partial charge in [0.1, 0.15) is 0 Å². The Morgan fingerprint density at radius 3 is 1.05 bits per heavy atom. The number of rotatable bonds is 7. The number of benzene rings is 7. The van der Waals surface area contributed by atoms with Gasteiger partial charge in [0.05, 0.1) is 0 Å². The molecule has 0 spiro atoms. The highest BCUT2D eigenvalue weighted by Gasteiger charge is 2.16. The first kappa shape index (κ1) is 32.4. The third-order valence-electron chi connectivity index (χ3n) is 9.58. The first-order valence-corrected chi connectivity index (χ1v) is 18.8. The summed E-state index contributed by atoms with van der Waals surface area (Å²) >= 11 is 1.79. The number of hydrogen-bond donors (Lipinski definition) is 0. The zero-order chi connectivity index (χ0) is 36.6. The van der Waals surface area contributed by atoms with Crippen molar-refractivity contribution in [2.45, 2.75) is 0 Å². The van der Waals surface area contributed by atoms with E-state index < -0.39 is 0 Å². The molecule has 0 aliphatic heterocycles. The van der Waals surface area contributed by atoms with Crippen molar-refractivity contribution >= 4 is 31.5 Å². The van der Waals surface area contributed by atoms with E-state index in [0.29, 0.717) is 34.9 Å². The van der Waals surface area contributed by atoms with Gasteiger partial charge in [0.15, 0.2) is 34.9 Å². The lowest BCUT2D eigenvalue weighted by atomic mass is 10.0. The summed E-state index contributed by atoms with van der Waals surface area (Å²) in [4.78, 5) is 29.9. The van der Waals surface area contributed by atoms with Crippen LogP contribution >= 0.6 is 11.3 Å². The Morgan fingerprint density at radius 2 is 0.582 bits per heavy atom. The first-order chi connectivity index (χ1) is 27.2. The van der Waals surface area contributed by atoms with Gasteiger partial charge < -0.3 is 0 Å². The smallest absolute Gasteiger partial charge is 0.164 e. The molecular formula is C48H30N6S. The molecule has 0 aliphatic rings. The lowest BCUT2D eigenvalue weighted by molar-refractivity contribution is 1.07. The number of thiophene rings is 1. The van der Waals surface area contributed by atoms with Crippen molar-refractivity contribution in [3.05, 3.63) is 182 Å². The second-order valence-electron chi connectivity index (χ2n) is 13.2. The van der Waals surface area contributed by atoms with E-state index in [-0.39, 0.29) is 0 Å². The van der Waals surface area contributed by atoms with E-state index in [9.17, 15) is 0 Å². The highest BCUT2D eigenvalue weighted by Crippen LogP contribution is 2.37. The zero-order valence-corrected chi connectivity index (χ0v) is 30.2. The third-order valence-corrected chi connectivity index (χ3v) is 10.7. The van der Waals surface area contributed by atoms with Crippen LogP contribution < -0.4 is 0 Å². The van der Waals surface area contributed by atoms with Crippen molar-refractivity contribution in [2.24, 2.45) is 0 Å². The summed E-state index contributed by atoms with van der Waals surface area (Å²) in [7, 11) is 0. The van der Waals surface area contributed by atoms with Crippen molar-refractivity contribution in [3.63, 3.8) is 0 Å². The molecule has 7 heteroatoms. The van der Waals surface area contributed by atoms with E-state index >= 15 is 0 Å². The molecule has 258 valence electrons. The topological polar surface area (TPSA) is 77.3 Å². The van der Waals surface area contributed by atoms with E-state index in [2.05, 4.69) is 78.9 Å². The summed E-state index contributed by atoms with van der Waals surface area (Å²) in [5, 5.41) is 2.50. The molecule has 10 aromatic rings. The van der Waals surface area contributed by atoms with E-state index in [0.717, 1.165) is 44.5 Å². The number of fused-ring (bicyclic) bond motifs is 3. The van der Waals surface area contributed by atoms with Crippen LogP contribution in [0.4, 0.5) is 0 Å². The maximum absolute atomic E-state index is 5.09. The predicted octanol–water partition coefficient (Wildman–Crippen LogP) is 12.1. The third kappa shape index (κ3) is 6.43. The van der Waals surface area contributed by atoms with Crippen LogP contribution in [-0.4, -0.2) is 29.9 Å². The van der Waals surface area contributed by atoms with Crippen LogP contribution in [0.1, 0.15) is 0 Å². The maximum Gasteiger partial charge on any atom is 0.164 e. The van der Waals surface area contributed by atoms with Crippen molar-refractivity contribution in [1.82, 2.24) is 29.9 Å². The Morgan fingerprint density at radius 1 is 0.236 bits per heavy atom. The minimum Gasteiger partial charge on any atom is -0.208 e. The van der Waals surface area contributed by atoms with E-state index in [1.54, 1.807) is 11.3 Å². The fraction of sp³-hybridized carbons (Fsp3) is 0. The van der Waals surface area contributed by atoms with Crippen LogP contribution in [0, 0.1) is 0 Å². The van der Waals surface area contributed by atoms with Gasteiger partial charge in [-0.05, 0) is 35.4 Å². The van der Waals surface area contributed by atoms with Gasteiger partial charge in [-0.2, -0.15) is 0 Å². The highest BCUT2D eigenvalue weighted by atomic mass is 32.1. The first-order valence-electron chi connectivity index (χ1n) is 18.0. The molecule has 10 rings (SSSR count). The normalized spacial score (nSPS) is 11.3. The second kappa shape index (κ2) is 14.0. The van der Waals surface area contributed by atoms with Crippen molar-refractivity contribution in [1.29, 1.82) is 0 Å². The summed E-state index contributed by atoms with van der Waals surface area (Å²) in [6.45, 7) is 0. The summed E-state index contributed by atoms with van der Waals surface area (Å²) in [5.74, 6) is 3.73. The minimum atomic E-state index is 0.607. The largest absolute Gasteiger partial charge is 0.208 e. The van der Waals surface area contributed by atoms with Gasteiger partial charge in [-0.25, -0.2) is 29.9 Å². The molecule has 0 amide bonds. The lowest BCUT2D eigenvalue weighted by Crippen LogP contribution is -2.00. The van der Waals surface area contributed by atoms with E-state index in [1.165, 1.54) is 20.2 Å². The minimum absolute atomic E-state index is 0.607. The number of aromatic nitrogens is 6. The fourth-order valence-electron chi connectivity index (χ4n) is 6.83. The van der Waals surface area contributed by atoms with Gasteiger partial charge in [0.2, 0.25) is 0 Å². The molecule has 3 aromatic heterocycles. The van der Waals surface area contributed by atoms with Gasteiger partial charge in [-0.15, -0.1) is 11.3 Å². The standard InChI is InChI=1S/C48H30N6S/c1-4-14-31(15-5-1)43-49-44(32-16-6-2-7-17-32)51-46(50-43)36-22-12-20-34(28-36)35-21-13-23-37(29-35)47-52-45(33-18-8-3-9-19-33)53-48(54-47)38-26-27-40-39-24-10-11-25-41(39)55-42(40)30-38/h1-30H. The fourth-order valence-corrected chi connectivity index (χ4v) is 7.97. The van der Waals surface area contributed by atoms with Gasteiger partial charge in [-0.1, -0.05) is 158 Å². The van der Waals surface area contributed by atoms with Crippen LogP contribution in [0.2, 0.25) is 0 Å². The molecule has 0 aliphatic carbocycles. The van der Waals surface area contributed by atoms with Crippen LogP contribution in [0.25, 0.3) is 99.6 Å². The molecule has 7 aromatic carbocycles. The van der Waals surface area contributed by atoms with Crippen LogP contribution in [0.3, 0.4) is 0 Å². The number of nitrogens with zero attached hydrogens (tertiary/aromatic N) is 6. The molecule has 6 nitrogen and oxygen atoms in total. The van der Waals surface area contributed by atoms with E-state index in [4.69, 9.17) is 29.9 Å². The molecule has 0 saturated carbocycles. The molecule has 0 atom stereocenters. The van der Waals surface area contributed by atoms with Crippen LogP contribution in [0.15, 0.2) is 182 Å². The molecule has 55 heavy (non-hydrogen) atoms. The Kier molecular flexibility index (Phi) is 8.24. The summed E-state index contributed by atoms with van der Waals surface area (Å²) < 4.78 is 2.47. The Bertz CT molecular complexity index is 2920. The average molecular weight is 723 g/mol. The monoisotopic (exact) mass is 722 g/mol. The molecule has 3 heterocycles. The zero-order valence-electron chi connectivity index (χ0n) is 29.4. The molecule has 0 unspecified atom stereocenters. The molecule has 0 fully saturated rings. The SMILES string of the molecule is c1ccc(-c2nc(-c3ccccc3)nc(-c3cccc(-c4cccc(-c5nc(-c6ccccc6)nc(-c6ccc7c(c6)sc6ccccc67)n5)c4)c3)n2)cc1. The maximum atomic E-state index is 5.09. The Hall–Kier alpha value is -7.22. The summed E-state index contributed by atoms with van der Waals surface area (Å²) in [5.41, 5.74) is 7.58. The van der Waals surface area contributed by atoms with E-state index in [1.807, 2.05) is 103 Å². The molecule has 0 radical (unpaired) electrons. The van der Waals surface area contributed by atoms with Crippen molar-refractivity contribution in [2.75, 3.05) is 0 Å². The predicted molar refractivity (Wildman–Crippen MR) is 224 cm³/mol. The van der Waals surface area contributed by atoms with Gasteiger partial charge in [-0.3, -0.25) is 0 Å². The molecule has 0 saturated heterocycles. The van der Waals surface area contributed by atoms with Crippen LogP contribution in [-0.2, 0) is 0 Å². The average Bonchev–Trinajstić information content (AvgIpc) is 3.65. The lowest BCUT2D eigenvalue weighted by Gasteiger charge is -2.11. The highest BCUT2D eigenvalue weighted by molar-refractivity contribution is 7.25.